The molecule has 4 aromatic rings. The van der Waals surface area contributed by atoms with Crippen LogP contribution in [0.15, 0.2) is 117 Å². The van der Waals surface area contributed by atoms with Gasteiger partial charge in [0.05, 0.1) is 11.4 Å². The molecular weight excluding hydrogens is 519 g/mol. The summed E-state index contributed by atoms with van der Waals surface area (Å²) in [6.07, 6.45) is 0. The maximum atomic E-state index is 5.38. The normalized spacial score (nSPS) is 15.3. The summed E-state index contributed by atoms with van der Waals surface area (Å²) >= 11 is 10.8. The van der Waals surface area contributed by atoms with Crippen LogP contribution in [-0.4, -0.2) is 21.8 Å². The third kappa shape index (κ3) is 5.54. The van der Waals surface area contributed by atoms with Crippen LogP contribution in [0.5, 0.6) is 0 Å². The zero-order valence-corrected chi connectivity index (χ0v) is 20.8. The van der Waals surface area contributed by atoms with E-state index in [-0.39, 0.29) is 26.8 Å². The van der Waals surface area contributed by atoms with Gasteiger partial charge >= 0.3 is 16.5 Å². The average molecular weight is 537 g/mol. The number of aliphatic imine (C=N–C) groups is 2. The summed E-state index contributed by atoms with van der Waals surface area (Å²) < 4.78 is 0. The minimum atomic E-state index is 0. The third-order valence-electron chi connectivity index (χ3n) is 5.14. The number of hydrogen-bond donors (Lipinski definition) is 2. The molecule has 0 unspecified atom stereocenters. The molecule has 1 aliphatic rings. The van der Waals surface area contributed by atoms with Gasteiger partial charge in [-0.05, 0) is 29.7 Å². The van der Waals surface area contributed by atoms with Crippen molar-refractivity contribution in [3.05, 3.63) is 108 Å². The van der Waals surface area contributed by atoms with Crippen LogP contribution in [0.4, 0.5) is 11.4 Å². The number of amidine groups is 2. The van der Waals surface area contributed by atoms with Crippen molar-refractivity contribution >= 4 is 69.2 Å². The molecule has 5 rings (SSSR count). The first-order chi connectivity index (χ1) is 16.7. The van der Waals surface area contributed by atoms with Crippen molar-refractivity contribution in [1.29, 1.82) is 0 Å². The Morgan fingerprint density at radius 3 is 1.40 bits per heavy atom. The predicted octanol–water partition coefficient (Wildman–Crippen LogP) is 4.91. The molecule has 174 valence electrons. The molecular formula is C26H18N6NiS2. The number of rotatable bonds is 4. The van der Waals surface area contributed by atoms with Gasteiger partial charge in [-0.25, -0.2) is 0 Å². The van der Waals surface area contributed by atoms with Crippen molar-refractivity contribution in [2.45, 2.75) is 0 Å². The van der Waals surface area contributed by atoms with Gasteiger partial charge in [0.15, 0.2) is 0 Å². The van der Waals surface area contributed by atoms with E-state index < -0.39 is 0 Å². The van der Waals surface area contributed by atoms with Gasteiger partial charge < -0.3 is 25.3 Å². The molecule has 0 amide bonds. The van der Waals surface area contributed by atoms with Gasteiger partial charge in [0.2, 0.25) is 0 Å². The Morgan fingerprint density at radius 1 is 0.543 bits per heavy atom. The Hall–Kier alpha value is -3.65. The van der Waals surface area contributed by atoms with Gasteiger partial charge in [-0.15, -0.1) is 0 Å². The number of hydrazone groups is 2. The zero-order chi connectivity index (χ0) is 23.3. The maximum absolute atomic E-state index is 5.38. The van der Waals surface area contributed by atoms with Crippen molar-refractivity contribution in [2.75, 3.05) is 0 Å². The maximum Gasteiger partial charge on any atom is 2.00 e. The van der Waals surface area contributed by atoms with Crippen LogP contribution in [0.1, 0.15) is 11.1 Å². The molecule has 0 radical (unpaired) electrons. The molecule has 0 spiro atoms. The van der Waals surface area contributed by atoms with Crippen LogP contribution < -0.4 is 10.9 Å². The molecule has 0 aromatic heterocycles. The molecule has 0 aliphatic heterocycles. The largest absolute Gasteiger partial charge is 2.00 e. The summed E-state index contributed by atoms with van der Waals surface area (Å²) in [7, 11) is 0. The number of hydrogen-bond acceptors (Lipinski definition) is 6. The summed E-state index contributed by atoms with van der Waals surface area (Å²) in [5.41, 5.74) is 10.5. The molecule has 9 heteroatoms. The minimum absolute atomic E-state index is 0. The van der Waals surface area contributed by atoms with E-state index in [1.54, 1.807) is 0 Å². The molecule has 4 aromatic carbocycles. The van der Waals surface area contributed by atoms with E-state index in [2.05, 4.69) is 43.2 Å². The van der Waals surface area contributed by atoms with Crippen molar-refractivity contribution < 1.29 is 16.5 Å². The van der Waals surface area contributed by atoms with Gasteiger partial charge in [0.1, 0.15) is 11.4 Å². The summed E-state index contributed by atoms with van der Waals surface area (Å²) in [4.78, 5) is 8.77. The quantitative estimate of drug-likeness (QED) is 0.128. The molecule has 2 N–H and O–H groups in total. The zero-order valence-electron chi connectivity index (χ0n) is 18.2. The van der Waals surface area contributed by atoms with Crippen molar-refractivity contribution in [3.63, 3.8) is 0 Å². The molecule has 0 bridgehead atoms. The second kappa shape index (κ2) is 11.2. The Labute approximate surface area is 224 Å². The smallest absolute Gasteiger partial charge is 0.741 e. The van der Waals surface area contributed by atoms with Crippen molar-refractivity contribution in [1.82, 2.24) is 10.9 Å². The first kappa shape index (κ1) is 24.5. The summed E-state index contributed by atoms with van der Waals surface area (Å²) in [6.45, 7) is 0. The number of para-hydroxylation sites is 2. The molecule has 0 saturated carbocycles. The standard InChI is InChI=1S/C26H20N6S2.Ni/c33-25(27-18-11-3-1-4-12-18)31-29-23-20-15-7-9-17-10-8-16-21(22(17)20)24(23)30-32-26(34)28-19-13-5-2-6-14-19;/h1-16H,(H2,27,31,33)(H2,28,32,34);/q;+2/p-2/b29-23-,30-24+;. The summed E-state index contributed by atoms with van der Waals surface area (Å²) in [5, 5.41) is 11.9. The van der Waals surface area contributed by atoms with Gasteiger partial charge in [-0.2, -0.15) is 10.2 Å². The second-order valence-electron chi connectivity index (χ2n) is 7.36. The number of benzene rings is 4. The summed E-state index contributed by atoms with van der Waals surface area (Å²) in [6, 6.07) is 31.1. The number of nitrogens with one attached hydrogen (secondary N) is 2. The fourth-order valence-electron chi connectivity index (χ4n) is 3.71. The molecule has 0 fully saturated rings. The molecule has 0 saturated heterocycles. The fraction of sp³-hybridized carbons (Fsp3) is 0. The van der Waals surface area contributed by atoms with Crippen molar-refractivity contribution in [3.8, 4) is 0 Å². The van der Waals surface area contributed by atoms with Crippen molar-refractivity contribution in [2.24, 2.45) is 20.2 Å². The Bertz CT molecular complexity index is 1360. The molecule has 6 nitrogen and oxygen atoms in total. The van der Waals surface area contributed by atoms with Crippen LogP contribution in [0, 0.1) is 0 Å². The Morgan fingerprint density at radius 2 is 0.971 bits per heavy atom. The SMILES string of the molecule is [Ni+2].[S-]C(=Nc1ccccc1)N/N=C1\C(=N\NC([S-])=Nc2ccccc2)c2cccc3cccc1c23. The van der Waals surface area contributed by atoms with Crippen LogP contribution >= 0.6 is 0 Å². The predicted molar refractivity (Wildman–Crippen MR) is 145 cm³/mol. The summed E-state index contributed by atoms with van der Waals surface area (Å²) in [5.74, 6) is 0. The van der Waals surface area contributed by atoms with E-state index in [4.69, 9.17) is 25.3 Å². The van der Waals surface area contributed by atoms with Gasteiger partial charge in [-0.1, -0.05) is 72.8 Å². The van der Waals surface area contributed by atoms with E-state index in [1.165, 1.54) is 0 Å². The van der Waals surface area contributed by atoms with Gasteiger partial charge in [0.25, 0.3) is 0 Å². The monoisotopic (exact) mass is 536 g/mol. The van der Waals surface area contributed by atoms with Gasteiger partial charge in [-0.3, -0.25) is 20.8 Å². The van der Waals surface area contributed by atoms with E-state index in [1.807, 2.05) is 84.9 Å². The first-order valence-electron chi connectivity index (χ1n) is 10.5. The fourth-order valence-corrected chi connectivity index (χ4v) is 4.02. The topological polar surface area (TPSA) is 73.5 Å². The van der Waals surface area contributed by atoms with E-state index >= 15 is 0 Å². The van der Waals surface area contributed by atoms with Gasteiger partial charge in [0, 0.05) is 26.8 Å². The van der Waals surface area contributed by atoms with E-state index in [0.29, 0.717) is 11.4 Å². The van der Waals surface area contributed by atoms with E-state index in [0.717, 1.165) is 33.3 Å². The van der Waals surface area contributed by atoms with Crippen LogP contribution in [0.2, 0.25) is 0 Å². The molecule has 0 heterocycles. The molecule has 1 aliphatic carbocycles. The first-order valence-corrected chi connectivity index (χ1v) is 11.3. The van der Waals surface area contributed by atoms with E-state index in [9.17, 15) is 0 Å². The van der Waals surface area contributed by atoms with Crippen LogP contribution in [0.3, 0.4) is 0 Å². The Kier molecular flexibility index (Phi) is 7.82. The molecule has 0 atom stereocenters. The number of nitrogens with zero attached hydrogens (tertiary/aromatic N) is 4. The molecule has 35 heavy (non-hydrogen) atoms. The Balaban J connectivity index is 0.00000289. The van der Waals surface area contributed by atoms with Crippen LogP contribution in [0.25, 0.3) is 10.8 Å². The minimum Gasteiger partial charge on any atom is -0.741 e. The third-order valence-corrected chi connectivity index (χ3v) is 5.50. The second-order valence-corrected chi connectivity index (χ2v) is 8.13. The average Bonchev–Trinajstić information content (AvgIpc) is 3.17. The van der Waals surface area contributed by atoms with Crippen LogP contribution in [-0.2, 0) is 41.7 Å².